The van der Waals surface area contributed by atoms with Gasteiger partial charge in [0.15, 0.2) is 5.11 Å². The van der Waals surface area contributed by atoms with Crippen molar-refractivity contribution in [3.8, 4) is 0 Å². The number of carbonyl (C=O) groups excluding carboxylic acids is 1. The highest BCUT2D eigenvalue weighted by atomic mass is 32.1. The fraction of sp³-hybridized carbons (Fsp3) is 0.118. The van der Waals surface area contributed by atoms with E-state index in [1.54, 1.807) is 11.3 Å². The Hall–Kier alpha value is -2.31. The lowest BCUT2D eigenvalue weighted by molar-refractivity contribution is -0.117. The Balaban J connectivity index is 1.67. The van der Waals surface area contributed by atoms with Gasteiger partial charge in [-0.3, -0.25) is 4.79 Å². The molecule has 6 heteroatoms. The molecule has 1 heterocycles. The smallest absolute Gasteiger partial charge is 0.222 e. The lowest BCUT2D eigenvalue weighted by Gasteiger charge is -2.08. The number of benzene rings is 2. The number of para-hydroxylation sites is 1. The molecule has 0 unspecified atom stereocenters. The maximum absolute atomic E-state index is 10.9. The Morgan fingerprint density at radius 2 is 1.91 bits per heavy atom. The van der Waals surface area contributed by atoms with Gasteiger partial charge in [0.2, 0.25) is 5.91 Å². The Kier molecular flexibility index (Phi) is 4.64. The van der Waals surface area contributed by atoms with Crippen molar-refractivity contribution >= 4 is 50.5 Å². The molecule has 3 aromatic rings. The molecule has 23 heavy (non-hydrogen) atoms. The van der Waals surface area contributed by atoms with Crippen molar-refractivity contribution < 1.29 is 4.79 Å². The number of hydrogen-bond donors (Lipinski definition) is 2. The zero-order valence-corrected chi connectivity index (χ0v) is 14.1. The van der Waals surface area contributed by atoms with E-state index < -0.39 is 0 Å². The van der Waals surface area contributed by atoms with Crippen LogP contribution in [-0.2, 0) is 11.2 Å². The maximum Gasteiger partial charge on any atom is 0.222 e. The van der Waals surface area contributed by atoms with E-state index in [0.29, 0.717) is 5.11 Å². The number of carbonyl (C=O) groups is 1. The van der Waals surface area contributed by atoms with Gasteiger partial charge >= 0.3 is 0 Å². The Bertz CT molecular complexity index is 823. The molecule has 0 fully saturated rings. The first-order valence-corrected chi connectivity index (χ1v) is 8.34. The quantitative estimate of drug-likeness (QED) is 0.713. The number of hydrogen-bond acceptors (Lipinski definition) is 4. The largest absolute Gasteiger partial charge is 0.332 e. The molecule has 0 aliphatic carbocycles. The number of anilines is 1. The number of thiazole rings is 1. The summed E-state index contributed by atoms with van der Waals surface area (Å²) < 4.78 is 1.21. The van der Waals surface area contributed by atoms with Crippen LogP contribution in [0, 0.1) is 0 Å². The van der Waals surface area contributed by atoms with Gasteiger partial charge in [0.25, 0.3) is 0 Å². The molecular weight excluding hydrogens is 326 g/mol. The molecule has 0 aliphatic heterocycles. The van der Waals surface area contributed by atoms with Gasteiger partial charge in [-0.15, -0.1) is 11.3 Å². The first-order valence-electron chi connectivity index (χ1n) is 7.12. The molecule has 1 amide bonds. The van der Waals surface area contributed by atoms with E-state index in [4.69, 9.17) is 12.2 Å². The molecule has 0 spiro atoms. The summed E-state index contributed by atoms with van der Waals surface area (Å²) in [6.45, 7) is 1.43. The van der Waals surface area contributed by atoms with Gasteiger partial charge in [-0.05, 0) is 42.0 Å². The molecule has 0 saturated heterocycles. The van der Waals surface area contributed by atoms with Crippen LogP contribution in [0.25, 0.3) is 10.2 Å². The van der Waals surface area contributed by atoms with Crippen LogP contribution in [0.1, 0.15) is 17.5 Å². The van der Waals surface area contributed by atoms with Gasteiger partial charge < -0.3 is 10.6 Å². The number of amides is 1. The summed E-state index contributed by atoms with van der Waals surface area (Å²) in [6.07, 6.45) is 0.801. The summed E-state index contributed by atoms with van der Waals surface area (Å²) in [5, 5.41) is 6.91. The maximum atomic E-state index is 10.9. The van der Waals surface area contributed by atoms with Crippen molar-refractivity contribution in [3.63, 3.8) is 0 Å². The average Bonchev–Trinajstić information content (AvgIpc) is 2.90. The summed E-state index contributed by atoms with van der Waals surface area (Å²) in [4.78, 5) is 15.6. The van der Waals surface area contributed by atoms with Crippen LogP contribution in [0.2, 0.25) is 0 Å². The zero-order valence-electron chi connectivity index (χ0n) is 12.5. The molecule has 4 nitrogen and oxygen atoms in total. The van der Waals surface area contributed by atoms with Gasteiger partial charge in [0.05, 0.1) is 15.2 Å². The van der Waals surface area contributed by atoms with Crippen molar-refractivity contribution in [2.45, 2.75) is 13.3 Å². The minimum atomic E-state index is -0.185. The number of nitrogens with zero attached hydrogens (tertiary/aromatic N) is 1. The minimum Gasteiger partial charge on any atom is -0.332 e. The minimum absolute atomic E-state index is 0.185. The van der Waals surface area contributed by atoms with Crippen LogP contribution in [-0.4, -0.2) is 16.0 Å². The Labute approximate surface area is 143 Å². The molecule has 0 aliphatic rings. The van der Waals surface area contributed by atoms with Crippen molar-refractivity contribution in [1.29, 1.82) is 0 Å². The molecule has 116 valence electrons. The van der Waals surface area contributed by atoms with Gasteiger partial charge in [-0.25, -0.2) is 4.98 Å². The van der Waals surface area contributed by atoms with E-state index in [2.05, 4.69) is 21.7 Å². The average molecular weight is 341 g/mol. The third-order valence-corrected chi connectivity index (χ3v) is 4.44. The standard InChI is InChI=1S/C17H15N3OS2/c1-11(21)18-17(22)19-13-8-6-12(7-9-13)10-16-20-14-4-2-3-5-15(14)23-16/h2-9H,10H2,1H3,(H2,18,19,21,22). The van der Waals surface area contributed by atoms with E-state index in [1.165, 1.54) is 17.2 Å². The normalized spacial score (nSPS) is 10.5. The number of aromatic nitrogens is 1. The first-order chi connectivity index (χ1) is 11.1. The SMILES string of the molecule is CC(=O)NC(=S)Nc1ccc(Cc2nc3ccccc3s2)cc1. The molecule has 0 bridgehead atoms. The lowest BCUT2D eigenvalue weighted by Crippen LogP contribution is -2.32. The summed E-state index contributed by atoms with van der Waals surface area (Å²) in [7, 11) is 0. The Morgan fingerprint density at radius 3 is 2.61 bits per heavy atom. The summed E-state index contributed by atoms with van der Waals surface area (Å²) in [5.74, 6) is -0.185. The van der Waals surface area contributed by atoms with E-state index in [0.717, 1.165) is 22.6 Å². The second kappa shape index (κ2) is 6.85. The predicted molar refractivity (Wildman–Crippen MR) is 98.9 cm³/mol. The topological polar surface area (TPSA) is 54.0 Å². The highest BCUT2D eigenvalue weighted by molar-refractivity contribution is 7.80. The van der Waals surface area contributed by atoms with Crippen LogP contribution in [0.4, 0.5) is 5.69 Å². The molecule has 0 radical (unpaired) electrons. The lowest BCUT2D eigenvalue weighted by atomic mass is 10.1. The number of thiocarbonyl (C=S) groups is 1. The number of fused-ring (bicyclic) bond motifs is 1. The van der Waals surface area contributed by atoms with Crippen LogP contribution in [0.5, 0.6) is 0 Å². The number of nitrogens with one attached hydrogen (secondary N) is 2. The predicted octanol–water partition coefficient (Wildman–Crippen LogP) is 3.72. The van der Waals surface area contributed by atoms with Crippen LogP contribution in [0.15, 0.2) is 48.5 Å². The molecular formula is C17H15N3OS2. The van der Waals surface area contributed by atoms with E-state index >= 15 is 0 Å². The molecule has 2 aromatic carbocycles. The van der Waals surface area contributed by atoms with Gasteiger partial charge in [-0.2, -0.15) is 0 Å². The van der Waals surface area contributed by atoms with Crippen molar-refractivity contribution in [1.82, 2.24) is 10.3 Å². The van der Waals surface area contributed by atoms with Gasteiger partial charge in [0, 0.05) is 19.0 Å². The van der Waals surface area contributed by atoms with Crippen molar-refractivity contribution in [3.05, 3.63) is 59.1 Å². The molecule has 0 saturated carbocycles. The summed E-state index contributed by atoms with van der Waals surface area (Å²) >= 11 is 6.75. The molecule has 0 atom stereocenters. The second-order valence-electron chi connectivity index (χ2n) is 5.08. The Morgan fingerprint density at radius 1 is 1.17 bits per heavy atom. The van der Waals surface area contributed by atoms with Gasteiger partial charge in [0.1, 0.15) is 0 Å². The van der Waals surface area contributed by atoms with Crippen LogP contribution < -0.4 is 10.6 Å². The fourth-order valence-electron chi connectivity index (χ4n) is 2.20. The number of rotatable bonds is 3. The third kappa shape index (κ3) is 4.12. The first kappa shape index (κ1) is 15.6. The molecule has 3 rings (SSSR count). The van der Waals surface area contributed by atoms with E-state index in [9.17, 15) is 4.79 Å². The van der Waals surface area contributed by atoms with Crippen LogP contribution in [0.3, 0.4) is 0 Å². The monoisotopic (exact) mass is 341 g/mol. The highest BCUT2D eigenvalue weighted by Crippen LogP contribution is 2.24. The van der Waals surface area contributed by atoms with Crippen LogP contribution >= 0.6 is 23.6 Å². The van der Waals surface area contributed by atoms with E-state index in [-0.39, 0.29) is 5.91 Å². The fourth-order valence-corrected chi connectivity index (χ4v) is 3.46. The summed E-state index contributed by atoms with van der Waals surface area (Å²) in [5.41, 5.74) is 3.07. The zero-order chi connectivity index (χ0) is 16.2. The molecule has 2 N–H and O–H groups in total. The van der Waals surface area contributed by atoms with E-state index in [1.807, 2.05) is 42.5 Å². The van der Waals surface area contributed by atoms with Crippen molar-refractivity contribution in [2.24, 2.45) is 0 Å². The highest BCUT2D eigenvalue weighted by Gasteiger charge is 2.05. The second-order valence-corrected chi connectivity index (χ2v) is 6.61. The third-order valence-electron chi connectivity index (χ3n) is 3.19. The molecule has 1 aromatic heterocycles. The summed E-state index contributed by atoms with van der Waals surface area (Å²) in [6, 6.07) is 16.1. The van der Waals surface area contributed by atoms with Crippen molar-refractivity contribution in [2.75, 3.05) is 5.32 Å². The van der Waals surface area contributed by atoms with Gasteiger partial charge in [-0.1, -0.05) is 24.3 Å².